The number of aliphatic hydroxyl groups is 1. The molecule has 2 atom stereocenters. The molecule has 0 aliphatic carbocycles. The van der Waals surface area contributed by atoms with Crippen LogP contribution in [-0.2, 0) is 24.8 Å². The molecule has 2 unspecified atom stereocenters. The third-order valence-corrected chi connectivity index (χ3v) is 11.3. The Hall–Kier alpha value is -1.58. The molecule has 0 amide bonds. The van der Waals surface area contributed by atoms with Crippen LogP contribution in [0, 0.1) is 6.92 Å². The first-order valence-electron chi connectivity index (χ1n) is 12.4. The third-order valence-electron chi connectivity index (χ3n) is 7.09. The Balaban J connectivity index is 1.23. The first kappa shape index (κ1) is 29.4. The Kier molecular flexibility index (Phi) is 9.20. The van der Waals surface area contributed by atoms with E-state index in [0.29, 0.717) is 38.3 Å². The highest BCUT2D eigenvalue weighted by atomic mass is 79.9. The van der Waals surface area contributed by atoms with Gasteiger partial charge in [-0.2, -0.15) is 4.31 Å². The molecule has 1 spiro atoms. The average molecular weight is 633 g/mol. The molecule has 0 aromatic heterocycles. The van der Waals surface area contributed by atoms with Crippen molar-refractivity contribution in [1.29, 1.82) is 0 Å². The number of ether oxygens (including phenoxy) is 2. The Morgan fingerprint density at radius 1 is 1.16 bits per heavy atom. The second-order valence-electron chi connectivity index (χ2n) is 9.77. The minimum atomic E-state index is -3.58. The zero-order chi connectivity index (χ0) is 27.6. The van der Waals surface area contributed by atoms with Crippen LogP contribution in [0.2, 0.25) is 0 Å². The monoisotopic (exact) mass is 631 g/mol. The van der Waals surface area contributed by atoms with Crippen LogP contribution in [0.5, 0.6) is 5.75 Å². The van der Waals surface area contributed by atoms with E-state index in [4.69, 9.17) is 9.47 Å². The van der Waals surface area contributed by atoms with Gasteiger partial charge in [0.2, 0.25) is 20.0 Å². The Bertz CT molecular complexity index is 1350. The van der Waals surface area contributed by atoms with Crippen molar-refractivity contribution in [2.45, 2.75) is 53.7 Å². The lowest BCUT2D eigenvalue weighted by Gasteiger charge is -2.38. The molecule has 2 fully saturated rings. The molecule has 0 saturated carbocycles. The first-order valence-corrected chi connectivity index (χ1v) is 16.1. The lowest BCUT2D eigenvalue weighted by atomic mass is 9.88. The molecule has 2 aliphatic heterocycles. The predicted molar refractivity (Wildman–Crippen MR) is 146 cm³/mol. The van der Waals surface area contributed by atoms with E-state index in [1.165, 1.54) is 23.5 Å². The molecule has 10 nitrogen and oxygen atoms in total. The molecule has 2 aromatic carbocycles. The summed E-state index contributed by atoms with van der Waals surface area (Å²) in [6, 6.07) is 11.2. The van der Waals surface area contributed by atoms with Gasteiger partial charge in [0.15, 0.2) is 0 Å². The maximum absolute atomic E-state index is 13.1. The van der Waals surface area contributed by atoms with Crippen molar-refractivity contribution in [3.8, 4) is 5.75 Å². The summed E-state index contributed by atoms with van der Waals surface area (Å²) in [5, 5.41) is 13.7. The summed E-state index contributed by atoms with van der Waals surface area (Å²) < 4.78 is 66.4. The molecule has 0 radical (unpaired) electrons. The number of aryl methyl sites for hydroxylation is 1. The topological polar surface area (TPSA) is 134 Å². The van der Waals surface area contributed by atoms with Crippen LogP contribution in [-0.4, -0.2) is 83.9 Å². The van der Waals surface area contributed by atoms with Crippen LogP contribution in [0.4, 0.5) is 0 Å². The minimum Gasteiger partial charge on any atom is -0.491 e. The Morgan fingerprint density at radius 3 is 2.58 bits per heavy atom. The summed E-state index contributed by atoms with van der Waals surface area (Å²) >= 11 is 3.42. The van der Waals surface area contributed by atoms with Gasteiger partial charge >= 0.3 is 0 Å². The maximum atomic E-state index is 13.1. The summed E-state index contributed by atoms with van der Waals surface area (Å²) in [5.74, 6) is 0.350. The maximum Gasteiger partial charge on any atom is 0.243 e. The van der Waals surface area contributed by atoms with Crippen LogP contribution in [0.3, 0.4) is 0 Å². The summed E-state index contributed by atoms with van der Waals surface area (Å²) in [4.78, 5) is 0.369. The molecule has 2 aromatic rings. The summed E-state index contributed by atoms with van der Waals surface area (Å²) in [6.45, 7) is 3.45. The highest BCUT2D eigenvalue weighted by molar-refractivity contribution is 9.10. The average Bonchev–Trinajstić information content (AvgIpc) is 3.30. The molecule has 4 rings (SSSR count). The fourth-order valence-electron chi connectivity index (χ4n) is 4.74. The van der Waals surface area contributed by atoms with Crippen molar-refractivity contribution in [1.82, 2.24) is 14.3 Å². The van der Waals surface area contributed by atoms with Gasteiger partial charge in [0.25, 0.3) is 0 Å². The summed E-state index contributed by atoms with van der Waals surface area (Å²) in [6.07, 6.45) is 1.13. The standard InChI is InChI=1S/C25H34BrN3O7S2/c1-18-6-7-23(13-24(18)26)38(33,34)29-10-8-25(9-11-29)14-19(16-36-25)28-15-20(30)17-35-21-4-3-5-22(12-21)37(31,32)27-2/h3-7,12-13,19-20,27-28,30H,8-11,14-17H2,1-2H3. The van der Waals surface area contributed by atoms with Crippen molar-refractivity contribution >= 4 is 36.0 Å². The molecule has 13 heteroatoms. The second kappa shape index (κ2) is 11.9. The van der Waals surface area contributed by atoms with Crippen molar-refractivity contribution in [2.24, 2.45) is 0 Å². The fraction of sp³-hybridized carbons (Fsp3) is 0.520. The van der Waals surface area contributed by atoms with Crippen LogP contribution in [0.1, 0.15) is 24.8 Å². The zero-order valence-electron chi connectivity index (χ0n) is 21.4. The third kappa shape index (κ3) is 6.76. The zero-order valence-corrected chi connectivity index (χ0v) is 24.6. The molecular weight excluding hydrogens is 598 g/mol. The van der Waals surface area contributed by atoms with Gasteiger partial charge < -0.3 is 19.9 Å². The highest BCUT2D eigenvalue weighted by Crippen LogP contribution is 2.37. The molecular formula is C25H34BrN3O7S2. The number of sulfonamides is 2. The molecule has 2 saturated heterocycles. The molecule has 210 valence electrons. The van der Waals surface area contributed by atoms with E-state index >= 15 is 0 Å². The van der Waals surface area contributed by atoms with E-state index in [2.05, 4.69) is 26.0 Å². The van der Waals surface area contributed by atoms with Gasteiger partial charge in [-0.05, 0) is 63.1 Å². The molecule has 38 heavy (non-hydrogen) atoms. The van der Waals surface area contributed by atoms with Crippen molar-refractivity contribution in [2.75, 3.05) is 39.9 Å². The molecule has 2 heterocycles. The van der Waals surface area contributed by atoms with Gasteiger partial charge in [0.05, 0.1) is 22.0 Å². The van der Waals surface area contributed by atoms with Crippen molar-refractivity contribution in [3.63, 3.8) is 0 Å². The number of rotatable bonds is 10. The minimum absolute atomic E-state index is 0.00326. The number of halogens is 1. The normalized spacial score (nSPS) is 21.0. The fourth-order valence-corrected chi connectivity index (χ4v) is 7.51. The number of hydrogen-bond acceptors (Lipinski definition) is 8. The van der Waals surface area contributed by atoms with E-state index < -0.39 is 26.2 Å². The van der Waals surface area contributed by atoms with Crippen molar-refractivity contribution in [3.05, 3.63) is 52.5 Å². The van der Waals surface area contributed by atoms with Crippen LogP contribution >= 0.6 is 15.9 Å². The lowest BCUT2D eigenvalue weighted by Crippen LogP contribution is -2.47. The SMILES string of the molecule is CNS(=O)(=O)c1cccc(OCC(O)CNC2COC3(CCN(S(=O)(=O)c4ccc(C)c(Br)c4)CC3)C2)c1. The molecule has 0 bridgehead atoms. The van der Waals surface area contributed by atoms with Crippen LogP contribution < -0.4 is 14.8 Å². The van der Waals surface area contributed by atoms with E-state index in [1.807, 2.05) is 6.92 Å². The van der Waals surface area contributed by atoms with Gasteiger partial charge in [-0.15, -0.1) is 0 Å². The molecule has 2 aliphatic rings. The number of nitrogens with one attached hydrogen (secondary N) is 2. The largest absolute Gasteiger partial charge is 0.491 e. The number of nitrogens with zero attached hydrogens (tertiary/aromatic N) is 1. The van der Waals surface area contributed by atoms with Crippen LogP contribution in [0.15, 0.2) is 56.7 Å². The quantitative estimate of drug-likeness (QED) is 0.363. The van der Waals surface area contributed by atoms with Gasteiger partial charge in [-0.25, -0.2) is 21.6 Å². The van der Waals surface area contributed by atoms with E-state index in [0.717, 1.165) is 16.5 Å². The second-order valence-corrected chi connectivity index (χ2v) is 14.4. The van der Waals surface area contributed by atoms with E-state index in [-0.39, 0.29) is 34.6 Å². The van der Waals surface area contributed by atoms with Gasteiger partial charge in [-0.1, -0.05) is 28.1 Å². The number of hydrogen-bond donors (Lipinski definition) is 3. The summed E-state index contributed by atoms with van der Waals surface area (Å²) in [7, 11) is -5.82. The van der Waals surface area contributed by atoms with Crippen LogP contribution in [0.25, 0.3) is 0 Å². The number of aliphatic hydroxyl groups excluding tert-OH is 1. The highest BCUT2D eigenvalue weighted by Gasteiger charge is 2.44. The lowest BCUT2D eigenvalue weighted by molar-refractivity contribution is -0.0312. The van der Waals surface area contributed by atoms with E-state index in [9.17, 15) is 21.9 Å². The Labute approximate surface area is 232 Å². The number of piperidine rings is 1. The van der Waals surface area contributed by atoms with Crippen molar-refractivity contribution < 1.29 is 31.4 Å². The smallest absolute Gasteiger partial charge is 0.243 e. The Morgan fingerprint density at radius 2 is 1.89 bits per heavy atom. The van der Waals surface area contributed by atoms with E-state index in [1.54, 1.807) is 30.3 Å². The first-order chi connectivity index (χ1) is 17.9. The summed E-state index contributed by atoms with van der Waals surface area (Å²) in [5.41, 5.74) is 0.600. The van der Waals surface area contributed by atoms with Gasteiger partial charge in [-0.3, -0.25) is 0 Å². The number of benzene rings is 2. The molecule has 3 N–H and O–H groups in total. The van der Waals surface area contributed by atoms with Gasteiger partial charge in [0.1, 0.15) is 18.5 Å². The van der Waals surface area contributed by atoms with Gasteiger partial charge in [0, 0.05) is 36.2 Å². The predicted octanol–water partition coefficient (Wildman–Crippen LogP) is 2.01.